The van der Waals surface area contributed by atoms with Crippen molar-refractivity contribution < 1.29 is 19.2 Å². The summed E-state index contributed by atoms with van der Waals surface area (Å²) in [6.07, 6.45) is 1.22. The molecule has 0 unspecified atom stereocenters. The molecule has 1 aliphatic rings. The van der Waals surface area contributed by atoms with E-state index in [0.717, 1.165) is 16.9 Å². The summed E-state index contributed by atoms with van der Waals surface area (Å²) >= 11 is 8.63. The second-order valence-electron chi connectivity index (χ2n) is 11.5. The maximum absolute atomic E-state index is 14.3. The molecule has 1 aliphatic heterocycles. The first-order valence-corrected chi connectivity index (χ1v) is 17.5. The van der Waals surface area contributed by atoms with Crippen molar-refractivity contribution in [2.75, 3.05) is 7.11 Å². The summed E-state index contributed by atoms with van der Waals surface area (Å²) in [6, 6.07) is 18.0. The molecule has 3 heterocycles. The zero-order valence-corrected chi connectivity index (χ0v) is 30.0. The van der Waals surface area contributed by atoms with Crippen LogP contribution in [0.15, 0.2) is 97.8 Å². The Labute approximate surface area is 299 Å². The molecular weight excluding hydrogens is 700 g/mol. The highest BCUT2D eigenvalue weighted by Crippen LogP contribution is 2.35. The molecule has 6 rings (SSSR count). The van der Waals surface area contributed by atoms with Gasteiger partial charge in [-0.1, -0.05) is 47.2 Å². The number of non-ortho nitro benzene ring substituents is 1. The van der Waals surface area contributed by atoms with Crippen LogP contribution in [0, 0.1) is 10.1 Å². The predicted octanol–water partition coefficient (Wildman–Crippen LogP) is 6.19. The maximum Gasteiger partial charge on any atom is 0.338 e. The highest BCUT2D eigenvalue weighted by molar-refractivity contribution is 7.99. The van der Waals surface area contributed by atoms with Crippen molar-refractivity contribution in [2.24, 2.45) is 4.99 Å². The molecule has 0 aliphatic carbocycles. The molecule has 0 fully saturated rings. The molecule has 0 bridgehead atoms. The van der Waals surface area contributed by atoms with Gasteiger partial charge in [-0.15, -0.1) is 10.2 Å². The fourth-order valence-corrected chi connectivity index (χ4v) is 7.75. The quantitative estimate of drug-likeness (QED) is 0.0934. The van der Waals surface area contributed by atoms with E-state index >= 15 is 0 Å². The third-order valence-electron chi connectivity index (χ3n) is 7.82. The van der Waals surface area contributed by atoms with E-state index in [1.165, 1.54) is 28.5 Å². The number of benzene rings is 3. The Kier molecular flexibility index (Phi) is 10.0. The number of hydrogen-bond acceptors (Lipinski definition) is 11. The van der Waals surface area contributed by atoms with Gasteiger partial charge in [0, 0.05) is 34.2 Å². The van der Waals surface area contributed by atoms with Gasteiger partial charge < -0.3 is 14.0 Å². The molecule has 2 aromatic heterocycles. The number of thiazole rings is 1. The Morgan fingerprint density at radius 3 is 2.56 bits per heavy atom. The number of aromatic nitrogens is 4. The van der Waals surface area contributed by atoms with Crippen molar-refractivity contribution >= 4 is 52.4 Å². The van der Waals surface area contributed by atoms with E-state index in [2.05, 4.69) is 15.2 Å². The van der Waals surface area contributed by atoms with E-state index in [9.17, 15) is 19.7 Å². The minimum Gasteiger partial charge on any atom is -0.497 e. The third-order valence-corrected chi connectivity index (χ3v) is 10.1. The fraction of sp³-hybridized carbons (Fsp3) is 0.229. The van der Waals surface area contributed by atoms with Gasteiger partial charge in [-0.3, -0.25) is 19.5 Å². The zero-order chi connectivity index (χ0) is 35.7. The topological polar surface area (TPSA) is 144 Å². The Morgan fingerprint density at radius 2 is 1.90 bits per heavy atom. The lowest BCUT2D eigenvalue weighted by Crippen LogP contribution is -2.40. The minimum absolute atomic E-state index is 0.143. The third kappa shape index (κ3) is 6.86. The Morgan fingerprint density at radius 1 is 1.14 bits per heavy atom. The van der Waals surface area contributed by atoms with Gasteiger partial charge in [0.1, 0.15) is 5.75 Å². The Bertz CT molecular complexity index is 2350. The standard InChI is InChI=1S/C35H31ClN6O6S2/c1-6-40-31(22-8-7-9-24(36)16-22)38-39-35(40)49-27-15-12-25(42(45)46)17-23(27)18-28-32(43)41-30(21-10-13-26(47-5)14-11-21)29(33(44)48-19(2)3)20(4)37-34(41)50-28/h7-19,30H,6H2,1-5H3/b28-18+/t30-/m1/s1. The van der Waals surface area contributed by atoms with Crippen LogP contribution in [0.1, 0.15) is 44.9 Å². The number of carbonyl (C=O) groups is 1. The summed E-state index contributed by atoms with van der Waals surface area (Å²) in [5.41, 5.74) is 1.98. The van der Waals surface area contributed by atoms with Crippen LogP contribution in [0.4, 0.5) is 5.69 Å². The van der Waals surface area contributed by atoms with Crippen LogP contribution < -0.4 is 19.6 Å². The molecule has 0 spiro atoms. The van der Waals surface area contributed by atoms with Crippen molar-refractivity contribution in [3.05, 3.63) is 124 Å². The summed E-state index contributed by atoms with van der Waals surface area (Å²) in [7, 11) is 1.55. The number of nitrogens with zero attached hydrogens (tertiary/aromatic N) is 6. The highest BCUT2D eigenvalue weighted by atomic mass is 35.5. The van der Waals surface area contributed by atoms with Crippen LogP contribution >= 0.6 is 34.7 Å². The van der Waals surface area contributed by atoms with Gasteiger partial charge >= 0.3 is 5.97 Å². The molecule has 50 heavy (non-hydrogen) atoms. The first-order valence-electron chi connectivity index (χ1n) is 15.5. The number of nitro groups is 1. The Balaban J connectivity index is 1.49. The second-order valence-corrected chi connectivity index (χ2v) is 13.9. The first kappa shape index (κ1) is 34.8. The number of rotatable bonds is 10. The number of fused-ring (bicyclic) bond motifs is 1. The highest BCUT2D eigenvalue weighted by Gasteiger charge is 2.34. The lowest BCUT2D eigenvalue weighted by molar-refractivity contribution is -0.384. The van der Waals surface area contributed by atoms with Crippen LogP contribution in [-0.4, -0.2) is 43.4 Å². The molecule has 3 aromatic carbocycles. The molecule has 15 heteroatoms. The molecule has 5 aromatic rings. The second kappa shape index (κ2) is 14.4. The van der Waals surface area contributed by atoms with Gasteiger partial charge in [0.15, 0.2) is 15.8 Å². The smallest absolute Gasteiger partial charge is 0.338 e. The summed E-state index contributed by atoms with van der Waals surface area (Å²) in [5, 5.41) is 21.8. The zero-order valence-electron chi connectivity index (χ0n) is 27.6. The molecule has 0 radical (unpaired) electrons. The largest absolute Gasteiger partial charge is 0.497 e. The SMILES string of the molecule is CCn1c(Sc2ccc([N+](=O)[O-])cc2/C=c2/sc3n(c2=O)[C@H](c2ccc(OC)cc2)C(C(=O)OC(C)C)=C(C)N=3)nnc1-c1cccc(Cl)c1. The van der Waals surface area contributed by atoms with Gasteiger partial charge in [-0.05, 0) is 87.0 Å². The van der Waals surface area contributed by atoms with E-state index in [1.54, 1.807) is 76.4 Å². The summed E-state index contributed by atoms with van der Waals surface area (Å²) < 4.78 is 14.6. The number of ether oxygens (including phenoxy) is 2. The van der Waals surface area contributed by atoms with Gasteiger partial charge in [-0.2, -0.15) is 0 Å². The average molecular weight is 731 g/mol. The Hall–Kier alpha value is -5.05. The molecule has 12 nitrogen and oxygen atoms in total. The lowest BCUT2D eigenvalue weighted by atomic mass is 9.96. The number of carbonyl (C=O) groups excluding carboxylic acids is 1. The van der Waals surface area contributed by atoms with Crippen molar-refractivity contribution in [2.45, 2.75) is 56.4 Å². The van der Waals surface area contributed by atoms with Crippen LogP contribution in [-0.2, 0) is 16.1 Å². The molecule has 0 saturated carbocycles. The van der Waals surface area contributed by atoms with E-state index in [0.29, 0.717) is 54.8 Å². The monoisotopic (exact) mass is 730 g/mol. The van der Waals surface area contributed by atoms with Crippen LogP contribution in [0.25, 0.3) is 17.5 Å². The van der Waals surface area contributed by atoms with Gasteiger partial charge in [0.2, 0.25) is 0 Å². The number of allylic oxidation sites excluding steroid dienone is 1. The predicted molar refractivity (Wildman–Crippen MR) is 191 cm³/mol. The van der Waals surface area contributed by atoms with Gasteiger partial charge in [0.05, 0.1) is 40.0 Å². The van der Waals surface area contributed by atoms with Crippen molar-refractivity contribution in [1.82, 2.24) is 19.3 Å². The molecule has 1 atom stereocenters. The van der Waals surface area contributed by atoms with Gasteiger partial charge in [-0.25, -0.2) is 9.79 Å². The van der Waals surface area contributed by atoms with Crippen molar-refractivity contribution in [3.63, 3.8) is 0 Å². The summed E-state index contributed by atoms with van der Waals surface area (Å²) in [6.45, 7) is 7.72. The minimum atomic E-state index is -0.836. The summed E-state index contributed by atoms with van der Waals surface area (Å²) in [5.74, 6) is 0.656. The number of halogens is 1. The normalized spacial score (nSPS) is 14.5. The van der Waals surface area contributed by atoms with Crippen LogP contribution in [0.2, 0.25) is 5.02 Å². The summed E-state index contributed by atoms with van der Waals surface area (Å²) in [4.78, 5) is 44.8. The van der Waals surface area contributed by atoms with Crippen molar-refractivity contribution in [3.8, 4) is 17.1 Å². The first-order chi connectivity index (χ1) is 24.0. The van der Waals surface area contributed by atoms with Crippen LogP contribution in [0.5, 0.6) is 5.75 Å². The average Bonchev–Trinajstić information content (AvgIpc) is 3.63. The number of nitro benzene ring substituents is 1. The number of methoxy groups -OCH3 is 1. The number of hydrogen-bond donors (Lipinski definition) is 0. The molecule has 0 amide bonds. The number of esters is 1. The molecule has 0 N–H and O–H groups in total. The van der Waals surface area contributed by atoms with E-state index in [4.69, 9.17) is 21.1 Å². The fourth-order valence-electron chi connectivity index (χ4n) is 5.55. The van der Waals surface area contributed by atoms with Gasteiger partial charge in [0.25, 0.3) is 11.2 Å². The van der Waals surface area contributed by atoms with E-state index in [1.807, 2.05) is 23.6 Å². The maximum atomic E-state index is 14.3. The van der Waals surface area contributed by atoms with Crippen LogP contribution in [0.3, 0.4) is 0 Å². The van der Waals surface area contributed by atoms with E-state index < -0.39 is 28.6 Å². The molecule has 0 saturated heterocycles. The lowest BCUT2D eigenvalue weighted by Gasteiger charge is -2.25. The molecular formula is C35H31ClN6O6S2. The van der Waals surface area contributed by atoms with E-state index in [-0.39, 0.29) is 15.8 Å². The molecule has 256 valence electrons. The van der Waals surface area contributed by atoms with Crippen molar-refractivity contribution in [1.29, 1.82) is 0 Å².